The number of halogens is 1. The van der Waals surface area contributed by atoms with E-state index in [1.807, 2.05) is 14.0 Å². The number of hydrogen-bond donors (Lipinski definition) is 2. The lowest BCUT2D eigenvalue weighted by atomic mass is 9.83. The predicted octanol–water partition coefficient (Wildman–Crippen LogP) is 2.27. The maximum Gasteiger partial charge on any atom is 0.131 e. The van der Waals surface area contributed by atoms with E-state index in [0.717, 1.165) is 30.6 Å². The Balaban J connectivity index is 2.61. The molecule has 1 aromatic heterocycles. The molecule has 0 amide bonds. The summed E-state index contributed by atoms with van der Waals surface area (Å²) in [5.41, 5.74) is 1.97. The first-order valence-corrected chi connectivity index (χ1v) is 6.87. The summed E-state index contributed by atoms with van der Waals surface area (Å²) in [5.74, 6) is 0. The minimum Gasteiger partial charge on any atom is -0.396 e. The van der Waals surface area contributed by atoms with Crippen LogP contribution in [0, 0.1) is 12.3 Å². The maximum absolute atomic E-state index is 9.50. The molecule has 0 fully saturated rings. The molecule has 0 spiro atoms. The zero-order valence-electron chi connectivity index (χ0n) is 11.8. The van der Waals surface area contributed by atoms with Crippen LogP contribution < -0.4 is 5.32 Å². The molecular formula is C13H24ClN3O. The van der Waals surface area contributed by atoms with Crippen LogP contribution in [0.2, 0.25) is 5.15 Å². The molecule has 0 radical (unpaired) electrons. The van der Waals surface area contributed by atoms with E-state index >= 15 is 0 Å². The highest BCUT2D eigenvalue weighted by molar-refractivity contribution is 6.30. The molecule has 1 heterocycles. The third kappa shape index (κ3) is 3.25. The summed E-state index contributed by atoms with van der Waals surface area (Å²) in [4.78, 5) is 0. The quantitative estimate of drug-likeness (QED) is 0.801. The summed E-state index contributed by atoms with van der Waals surface area (Å²) in [7, 11) is 1.84. The van der Waals surface area contributed by atoms with Gasteiger partial charge in [-0.05, 0) is 19.8 Å². The van der Waals surface area contributed by atoms with Crippen molar-refractivity contribution in [2.75, 3.05) is 13.2 Å². The smallest absolute Gasteiger partial charge is 0.131 e. The van der Waals surface area contributed by atoms with E-state index in [4.69, 9.17) is 11.6 Å². The fraction of sp³-hybridized carbons (Fsp3) is 0.769. The highest BCUT2D eigenvalue weighted by Crippen LogP contribution is 2.25. The summed E-state index contributed by atoms with van der Waals surface area (Å²) in [6, 6.07) is 0. The zero-order chi connectivity index (χ0) is 13.8. The van der Waals surface area contributed by atoms with Crippen molar-refractivity contribution in [3.8, 4) is 0 Å². The summed E-state index contributed by atoms with van der Waals surface area (Å²) in [6.07, 6.45) is 1.93. The van der Waals surface area contributed by atoms with Gasteiger partial charge in [0.15, 0.2) is 0 Å². The van der Waals surface area contributed by atoms with Gasteiger partial charge in [0.25, 0.3) is 0 Å². The standard InChI is InChI=1S/C13H24ClN3O/c1-5-13(6-2,9-18)8-15-7-11-10(3)16-17(4)12(11)14/h15,18H,5-9H2,1-4H3. The van der Waals surface area contributed by atoms with E-state index in [1.54, 1.807) is 4.68 Å². The van der Waals surface area contributed by atoms with Crippen LogP contribution in [0.5, 0.6) is 0 Å². The minimum atomic E-state index is -0.0252. The second-order valence-corrected chi connectivity index (χ2v) is 5.31. The van der Waals surface area contributed by atoms with Crippen LogP contribution >= 0.6 is 11.6 Å². The molecule has 5 heteroatoms. The molecule has 4 nitrogen and oxygen atoms in total. The minimum absolute atomic E-state index is 0.0252. The van der Waals surface area contributed by atoms with E-state index in [-0.39, 0.29) is 12.0 Å². The molecule has 2 N–H and O–H groups in total. The normalized spacial score (nSPS) is 12.1. The van der Waals surface area contributed by atoms with Crippen molar-refractivity contribution in [1.29, 1.82) is 0 Å². The molecule has 0 aliphatic rings. The molecule has 104 valence electrons. The molecular weight excluding hydrogens is 250 g/mol. The van der Waals surface area contributed by atoms with Gasteiger partial charge in [-0.2, -0.15) is 5.10 Å². The lowest BCUT2D eigenvalue weighted by Crippen LogP contribution is -2.36. The Labute approximate surface area is 114 Å². The molecule has 0 bridgehead atoms. The van der Waals surface area contributed by atoms with E-state index < -0.39 is 0 Å². The third-order valence-electron chi connectivity index (χ3n) is 3.91. The van der Waals surface area contributed by atoms with Crippen molar-refractivity contribution >= 4 is 11.6 Å². The van der Waals surface area contributed by atoms with Gasteiger partial charge in [0.2, 0.25) is 0 Å². The number of nitrogens with one attached hydrogen (secondary N) is 1. The van der Waals surface area contributed by atoms with Gasteiger partial charge in [-0.1, -0.05) is 25.4 Å². The third-order valence-corrected chi connectivity index (χ3v) is 4.38. The fourth-order valence-corrected chi connectivity index (χ4v) is 2.35. The molecule has 0 aliphatic heterocycles. The van der Waals surface area contributed by atoms with Gasteiger partial charge in [-0.15, -0.1) is 0 Å². The molecule has 0 saturated heterocycles. The number of aliphatic hydroxyl groups excluding tert-OH is 1. The number of aliphatic hydroxyl groups is 1. The zero-order valence-corrected chi connectivity index (χ0v) is 12.5. The second kappa shape index (κ2) is 6.55. The van der Waals surface area contributed by atoms with E-state index in [0.29, 0.717) is 11.7 Å². The Morgan fingerprint density at radius 1 is 1.39 bits per heavy atom. The predicted molar refractivity (Wildman–Crippen MR) is 74.8 cm³/mol. The summed E-state index contributed by atoms with van der Waals surface area (Å²) >= 11 is 6.18. The van der Waals surface area contributed by atoms with Gasteiger partial charge < -0.3 is 10.4 Å². The molecule has 1 rings (SSSR count). The fourth-order valence-electron chi connectivity index (χ4n) is 2.11. The summed E-state index contributed by atoms with van der Waals surface area (Å²) in [5, 5.41) is 17.9. The Morgan fingerprint density at radius 2 is 2.00 bits per heavy atom. The monoisotopic (exact) mass is 273 g/mol. The molecule has 0 saturated carbocycles. The van der Waals surface area contributed by atoms with Gasteiger partial charge >= 0.3 is 0 Å². The topological polar surface area (TPSA) is 50.1 Å². The Kier molecular flexibility index (Phi) is 5.63. The number of aromatic nitrogens is 2. The van der Waals surface area contributed by atoms with Crippen LogP contribution in [0.4, 0.5) is 0 Å². The first-order valence-electron chi connectivity index (χ1n) is 6.49. The average molecular weight is 274 g/mol. The van der Waals surface area contributed by atoms with E-state index in [9.17, 15) is 5.11 Å². The molecule has 0 aromatic carbocycles. The van der Waals surface area contributed by atoms with E-state index in [1.165, 1.54) is 0 Å². The Morgan fingerprint density at radius 3 is 2.39 bits per heavy atom. The SMILES string of the molecule is CCC(CC)(CO)CNCc1c(C)nn(C)c1Cl. The van der Waals surface area contributed by atoms with Crippen molar-refractivity contribution in [2.45, 2.75) is 40.2 Å². The van der Waals surface area contributed by atoms with Crippen LogP contribution in [0.25, 0.3) is 0 Å². The molecule has 0 atom stereocenters. The van der Waals surface area contributed by atoms with Crippen molar-refractivity contribution in [1.82, 2.24) is 15.1 Å². The highest BCUT2D eigenvalue weighted by atomic mass is 35.5. The summed E-state index contributed by atoms with van der Waals surface area (Å²) < 4.78 is 1.69. The maximum atomic E-state index is 9.50. The largest absolute Gasteiger partial charge is 0.396 e. The second-order valence-electron chi connectivity index (χ2n) is 4.95. The van der Waals surface area contributed by atoms with E-state index in [2.05, 4.69) is 24.3 Å². The molecule has 0 aliphatic carbocycles. The van der Waals surface area contributed by atoms with Crippen molar-refractivity contribution in [3.05, 3.63) is 16.4 Å². The van der Waals surface area contributed by atoms with Crippen LogP contribution in [0.15, 0.2) is 0 Å². The lowest BCUT2D eigenvalue weighted by molar-refractivity contribution is 0.113. The van der Waals surface area contributed by atoms with Crippen LogP contribution in [-0.2, 0) is 13.6 Å². The highest BCUT2D eigenvalue weighted by Gasteiger charge is 2.24. The molecule has 0 unspecified atom stereocenters. The Bertz CT molecular complexity index is 378. The summed E-state index contributed by atoms with van der Waals surface area (Å²) in [6.45, 7) is 7.89. The lowest BCUT2D eigenvalue weighted by Gasteiger charge is -2.29. The van der Waals surface area contributed by atoms with Gasteiger partial charge in [0.1, 0.15) is 5.15 Å². The van der Waals surface area contributed by atoms with Crippen molar-refractivity contribution in [2.24, 2.45) is 12.5 Å². The number of rotatable bonds is 7. The number of aryl methyl sites for hydroxylation is 2. The van der Waals surface area contributed by atoms with Gasteiger partial charge in [-0.25, -0.2) is 0 Å². The molecule has 18 heavy (non-hydrogen) atoms. The van der Waals surface area contributed by atoms with Crippen LogP contribution in [0.1, 0.15) is 37.9 Å². The van der Waals surface area contributed by atoms with Gasteiger partial charge in [-0.3, -0.25) is 4.68 Å². The number of nitrogens with zero attached hydrogens (tertiary/aromatic N) is 2. The average Bonchev–Trinajstić information content (AvgIpc) is 2.61. The first-order chi connectivity index (χ1) is 8.49. The number of hydrogen-bond acceptors (Lipinski definition) is 3. The van der Waals surface area contributed by atoms with Crippen molar-refractivity contribution < 1.29 is 5.11 Å². The first kappa shape index (κ1) is 15.5. The molecule has 1 aromatic rings. The van der Waals surface area contributed by atoms with Crippen LogP contribution in [-0.4, -0.2) is 28.0 Å². The van der Waals surface area contributed by atoms with Gasteiger partial charge in [0.05, 0.1) is 5.69 Å². The van der Waals surface area contributed by atoms with Crippen LogP contribution in [0.3, 0.4) is 0 Å². The van der Waals surface area contributed by atoms with Gasteiger partial charge in [0, 0.05) is 37.7 Å². The van der Waals surface area contributed by atoms with Crippen molar-refractivity contribution in [3.63, 3.8) is 0 Å². The Hall–Kier alpha value is -0.580.